The SMILES string of the molecule is C=C(C)C(=O)CCOP(=O)(O)O. The molecule has 0 aliphatic carbocycles. The fraction of sp³-hybridized carbons (Fsp3) is 0.500. The van der Waals surface area contributed by atoms with Gasteiger partial charge in [-0.3, -0.25) is 9.32 Å². The molecular weight excluding hydrogens is 183 g/mol. The van der Waals surface area contributed by atoms with Gasteiger partial charge < -0.3 is 9.79 Å². The van der Waals surface area contributed by atoms with Gasteiger partial charge in [0.2, 0.25) is 0 Å². The first-order valence-corrected chi connectivity index (χ1v) is 4.75. The van der Waals surface area contributed by atoms with Crippen LogP contribution in [0.15, 0.2) is 12.2 Å². The van der Waals surface area contributed by atoms with Crippen molar-refractivity contribution in [2.45, 2.75) is 13.3 Å². The van der Waals surface area contributed by atoms with Crippen LogP contribution in [-0.2, 0) is 13.9 Å². The highest BCUT2D eigenvalue weighted by molar-refractivity contribution is 7.46. The van der Waals surface area contributed by atoms with Crippen molar-refractivity contribution in [3.8, 4) is 0 Å². The van der Waals surface area contributed by atoms with Crippen LogP contribution in [0, 0.1) is 0 Å². The second-order valence-corrected chi connectivity index (χ2v) is 3.52. The predicted octanol–water partition coefficient (Wildman–Crippen LogP) is 0.631. The molecule has 0 saturated heterocycles. The molecule has 0 saturated carbocycles. The van der Waals surface area contributed by atoms with Crippen LogP contribution in [0.1, 0.15) is 13.3 Å². The Morgan fingerprint density at radius 3 is 2.42 bits per heavy atom. The molecule has 0 unspecified atom stereocenters. The van der Waals surface area contributed by atoms with E-state index in [-0.39, 0.29) is 18.8 Å². The Morgan fingerprint density at radius 1 is 1.58 bits per heavy atom. The molecule has 0 amide bonds. The molecule has 70 valence electrons. The summed E-state index contributed by atoms with van der Waals surface area (Å²) in [5.74, 6) is -0.261. The minimum Gasteiger partial charge on any atom is -0.303 e. The van der Waals surface area contributed by atoms with Crippen molar-refractivity contribution in [2.24, 2.45) is 0 Å². The number of rotatable bonds is 5. The quantitative estimate of drug-likeness (QED) is 0.495. The summed E-state index contributed by atoms with van der Waals surface area (Å²) in [6, 6.07) is 0. The molecule has 0 spiro atoms. The lowest BCUT2D eigenvalue weighted by atomic mass is 10.2. The lowest BCUT2D eigenvalue weighted by molar-refractivity contribution is -0.116. The number of carbonyl (C=O) groups excluding carboxylic acids is 1. The zero-order valence-electron chi connectivity index (χ0n) is 6.69. The summed E-state index contributed by atoms with van der Waals surface area (Å²) in [7, 11) is -4.43. The second-order valence-electron chi connectivity index (χ2n) is 2.28. The van der Waals surface area contributed by atoms with Gasteiger partial charge in [0, 0.05) is 6.42 Å². The molecule has 0 aliphatic rings. The highest BCUT2D eigenvalue weighted by Crippen LogP contribution is 2.35. The van der Waals surface area contributed by atoms with Gasteiger partial charge in [0.05, 0.1) is 6.61 Å². The first-order valence-electron chi connectivity index (χ1n) is 3.22. The molecule has 0 aromatic heterocycles. The molecule has 0 fully saturated rings. The number of allylic oxidation sites excluding steroid dienone is 1. The van der Waals surface area contributed by atoms with Crippen molar-refractivity contribution in [2.75, 3.05) is 6.61 Å². The topological polar surface area (TPSA) is 83.8 Å². The molecule has 6 heteroatoms. The van der Waals surface area contributed by atoms with Crippen LogP contribution >= 0.6 is 7.82 Å². The van der Waals surface area contributed by atoms with E-state index in [2.05, 4.69) is 11.1 Å². The maximum absolute atomic E-state index is 10.8. The Bertz CT molecular complexity index is 228. The smallest absolute Gasteiger partial charge is 0.303 e. The van der Waals surface area contributed by atoms with E-state index in [9.17, 15) is 9.36 Å². The highest BCUT2D eigenvalue weighted by atomic mass is 31.2. The van der Waals surface area contributed by atoms with Crippen LogP contribution in [0.4, 0.5) is 0 Å². The van der Waals surface area contributed by atoms with Gasteiger partial charge in [-0.1, -0.05) is 6.58 Å². The molecule has 0 heterocycles. The Kier molecular flexibility index (Phi) is 4.34. The molecule has 0 radical (unpaired) electrons. The number of phosphoric ester groups is 1. The van der Waals surface area contributed by atoms with Gasteiger partial charge >= 0.3 is 7.82 Å². The number of hydrogen-bond acceptors (Lipinski definition) is 3. The van der Waals surface area contributed by atoms with Crippen LogP contribution in [0.3, 0.4) is 0 Å². The summed E-state index contributed by atoms with van der Waals surface area (Å²) < 4.78 is 14.2. The Labute approximate surface area is 70.3 Å². The van der Waals surface area contributed by atoms with E-state index in [0.29, 0.717) is 5.57 Å². The van der Waals surface area contributed by atoms with E-state index >= 15 is 0 Å². The Morgan fingerprint density at radius 2 is 2.08 bits per heavy atom. The molecule has 0 bridgehead atoms. The van der Waals surface area contributed by atoms with Crippen LogP contribution in [-0.4, -0.2) is 22.2 Å². The average molecular weight is 194 g/mol. The van der Waals surface area contributed by atoms with Gasteiger partial charge in [0.1, 0.15) is 0 Å². The van der Waals surface area contributed by atoms with Gasteiger partial charge in [-0.15, -0.1) is 0 Å². The van der Waals surface area contributed by atoms with Crippen molar-refractivity contribution in [1.29, 1.82) is 0 Å². The average Bonchev–Trinajstić information content (AvgIpc) is 1.84. The van der Waals surface area contributed by atoms with E-state index in [0.717, 1.165) is 0 Å². The summed E-state index contributed by atoms with van der Waals surface area (Å²) in [6.45, 7) is 4.62. The molecular formula is C6H11O5P. The minimum absolute atomic E-state index is 0.0551. The first kappa shape index (κ1) is 11.5. The molecule has 0 aromatic carbocycles. The van der Waals surface area contributed by atoms with E-state index < -0.39 is 7.82 Å². The van der Waals surface area contributed by atoms with Gasteiger partial charge in [0.25, 0.3) is 0 Å². The second kappa shape index (κ2) is 4.52. The Balaban J connectivity index is 3.65. The van der Waals surface area contributed by atoms with Crippen LogP contribution in [0.25, 0.3) is 0 Å². The number of hydrogen-bond donors (Lipinski definition) is 2. The summed E-state index contributed by atoms with van der Waals surface area (Å²) >= 11 is 0. The molecule has 0 aromatic rings. The number of phosphoric acid groups is 1. The normalized spacial score (nSPS) is 11.2. The summed E-state index contributed by atoms with van der Waals surface area (Å²) in [5.41, 5.74) is 0.351. The van der Waals surface area contributed by atoms with Gasteiger partial charge in [-0.05, 0) is 12.5 Å². The largest absolute Gasteiger partial charge is 0.469 e. The maximum atomic E-state index is 10.8. The lowest BCUT2D eigenvalue weighted by Gasteiger charge is -2.03. The van der Waals surface area contributed by atoms with Crippen molar-refractivity contribution >= 4 is 13.6 Å². The van der Waals surface area contributed by atoms with Crippen LogP contribution < -0.4 is 0 Å². The van der Waals surface area contributed by atoms with Crippen molar-refractivity contribution in [3.05, 3.63) is 12.2 Å². The minimum atomic E-state index is -4.43. The maximum Gasteiger partial charge on any atom is 0.469 e. The van der Waals surface area contributed by atoms with E-state index in [1.165, 1.54) is 6.92 Å². The number of carbonyl (C=O) groups is 1. The zero-order valence-corrected chi connectivity index (χ0v) is 7.58. The molecule has 0 rings (SSSR count). The molecule has 0 atom stereocenters. The number of Topliss-reactive ketones (excluding diaryl/α,β-unsaturated/α-hetero) is 1. The molecule has 0 aliphatic heterocycles. The first-order chi connectivity index (χ1) is 5.33. The zero-order chi connectivity index (χ0) is 9.78. The van der Waals surface area contributed by atoms with Crippen molar-refractivity contribution in [1.82, 2.24) is 0 Å². The molecule has 2 N–H and O–H groups in total. The summed E-state index contributed by atoms with van der Waals surface area (Å²) in [6.07, 6.45) is -0.0551. The molecule has 12 heavy (non-hydrogen) atoms. The van der Waals surface area contributed by atoms with Gasteiger partial charge in [-0.25, -0.2) is 4.57 Å². The fourth-order valence-electron chi connectivity index (χ4n) is 0.471. The van der Waals surface area contributed by atoms with Gasteiger partial charge in [-0.2, -0.15) is 0 Å². The summed E-state index contributed by atoms with van der Waals surface area (Å²) in [5, 5.41) is 0. The highest BCUT2D eigenvalue weighted by Gasteiger charge is 2.14. The summed E-state index contributed by atoms with van der Waals surface area (Å²) in [4.78, 5) is 27.2. The number of ketones is 1. The monoisotopic (exact) mass is 194 g/mol. The standard InChI is InChI=1S/C6H11O5P/c1-5(2)6(7)3-4-11-12(8,9)10/h1,3-4H2,2H3,(H2,8,9,10). The lowest BCUT2D eigenvalue weighted by Crippen LogP contribution is -2.03. The Hall–Kier alpha value is -0.480. The van der Waals surface area contributed by atoms with Crippen LogP contribution in [0.2, 0.25) is 0 Å². The van der Waals surface area contributed by atoms with E-state index in [1.54, 1.807) is 0 Å². The molecule has 5 nitrogen and oxygen atoms in total. The van der Waals surface area contributed by atoms with Crippen molar-refractivity contribution < 1.29 is 23.7 Å². The van der Waals surface area contributed by atoms with Crippen LogP contribution in [0.5, 0.6) is 0 Å². The fourth-order valence-corrected chi connectivity index (χ4v) is 0.800. The predicted molar refractivity (Wildman–Crippen MR) is 42.4 cm³/mol. The van der Waals surface area contributed by atoms with Gasteiger partial charge in [0.15, 0.2) is 5.78 Å². The third-order valence-corrected chi connectivity index (χ3v) is 1.58. The van der Waals surface area contributed by atoms with E-state index in [1.807, 2.05) is 0 Å². The third kappa shape index (κ3) is 6.24. The van der Waals surface area contributed by atoms with Crippen molar-refractivity contribution in [3.63, 3.8) is 0 Å². The third-order valence-electron chi connectivity index (χ3n) is 1.06. The van der Waals surface area contributed by atoms with E-state index in [4.69, 9.17) is 9.79 Å².